The molecule has 9 rings (SSSR count). The number of benzene rings is 7. The molecule has 0 saturated heterocycles. The second-order valence-electron chi connectivity index (χ2n) is 15.0. The molecule has 0 aliphatic heterocycles. The van der Waals surface area contributed by atoms with E-state index in [0.29, 0.717) is 0 Å². The van der Waals surface area contributed by atoms with Crippen LogP contribution in [0.1, 0.15) is 51.3 Å². The number of rotatable bonds is 4. The monoisotopic (exact) mass is 633 g/mol. The van der Waals surface area contributed by atoms with Crippen LogP contribution in [0.25, 0.3) is 55.0 Å². The van der Waals surface area contributed by atoms with Gasteiger partial charge in [-0.25, -0.2) is 0 Å². The van der Waals surface area contributed by atoms with Crippen molar-refractivity contribution in [3.63, 3.8) is 0 Å². The van der Waals surface area contributed by atoms with E-state index in [9.17, 15) is 0 Å². The quantitative estimate of drug-likeness (QED) is 0.192. The van der Waals surface area contributed by atoms with Gasteiger partial charge < -0.3 is 9.32 Å². The molecule has 0 saturated carbocycles. The summed E-state index contributed by atoms with van der Waals surface area (Å²) in [6.07, 6.45) is 0. The summed E-state index contributed by atoms with van der Waals surface area (Å²) >= 11 is 0. The molecule has 0 unspecified atom stereocenters. The Morgan fingerprint density at radius 3 is 1.90 bits per heavy atom. The van der Waals surface area contributed by atoms with Gasteiger partial charge in [0, 0.05) is 32.8 Å². The molecule has 1 heterocycles. The lowest BCUT2D eigenvalue weighted by atomic mass is 9.82. The van der Waals surface area contributed by atoms with Gasteiger partial charge in [0.05, 0.1) is 11.4 Å². The minimum atomic E-state index is -0.110. The molecule has 2 heteroatoms. The standard InChI is InChI=1S/C47H39NO/c1-46(2,3)33-25-20-30(21-26-33)31-22-27-34(28-23-31)48(41-18-11-17-40-43(41)38-14-8-9-16-39(38)47(40,4)5)42-19-10-15-36-37-29-24-32-12-6-7-13-35(32)44(37)49-45(36)42/h6-29H,1-5H3. The van der Waals surface area contributed by atoms with E-state index in [2.05, 4.69) is 185 Å². The zero-order valence-electron chi connectivity index (χ0n) is 28.7. The Kier molecular flexibility index (Phi) is 6.45. The molecular weight excluding hydrogens is 595 g/mol. The van der Waals surface area contributed by atoms with Crippen LogP contribution in [0.3, 0.4) is 0 Å². The van der Waals surface area contributed by atoms with Crippen LogP contribution in [0, 0.1) is 0 Å². The largest absolute Gasteiger partial charge is 0.453 e. The summed E-state index contributed by atoms with van der Waals surface area (Å²) in [7, 11) is 0. The zero-order valence-corrected chi connectivity index (χ0v) is 28.7. The van der Waals surface area contributed by atoms with Crippen molar-refractivity contribution >= 4 is 49.8 Å². The van der Waals surface area contributed by atoms with E-state index in [1.54, 1.807) is 0 Å². The highest BCUT2D eigenvalue weighted by atomic mass is 16.3. The lowest BCUT2D eigenvalue weighted by Gasteiger charge is -2.29. The predicted molar refractivity (Wildman–Crippen MR) is 208 cm³/mol. The maximum Gasteiger partial charge on any atom is 0.159 e. The van der Waals surface area contributed by atoms with E-state index in [1.165, 1.54) is 44.3 Å². The summed E-state index contributed by atoms with van der Waals surface area (Å²) in [5.41, 5.74) is 14.1. The zero-order chi connectivity index (χ0) is 33.5. The Balaban J connectivity index is 1.28. The number of furan rings is 1. The third-order valence-corrected chi connectivity index (χ3v) is 10.6. The maximum atomic E-state index is 6.94. The molecule has 1 aliphatic carbocycles. The van der Waals surface area contributed by atoms with Crippen LogP contribution in [0.2, 0.25) is 0 Å². The molecule has 0 fully saturated rings. The third-order valence-electron chi connectivity index (χ3n) is 10.6. The van der Waals surface area contributed by atoms with E-state index >= 15 is 0 Å². The van der Waals surface area contributed by atoms with Crippen molar-refractivity contribution < 1.29 is 4.42 Å². The first-order valence-corrected chi connectivity index (χ1v) is 17.3. The second kappa shape index (κ2) is 10.7. The van der Waals surface area contributed by atoms with Gasteiger partial charge in [0.25, 0.3) is 0 Å². The van der Waals surface area contributed by atoms with E-state index in [-0.39, 0.29) is 10.8 Å². The van der Waals surface area contributed by atoms with Gasteiger partial charge in [-0.2, -0.15) is 0 Å². The third kappa shape index (κ3) is 4.54. The summed E-state index contributed by atoms with van der Waals surface area (Å²) in [6, 6.07) is 53.2. The molecule has 0 radical (unpaired) electrons. The molecule has 238 valence electrons. The highest BCUT2D eigenvalue weighted by Crippen LogP contribution is 2.55. The molecule has 49 heavy (non-hydrogen) atoms. The Morgan fingerprint density at radius 1 is 0.510 bits per heavy atom. The number of fused-ring (bicyclic) bond motifs is 8. The molecule has 0 spiro atoms. The molecule has 8 aromatic rings. The first kappa shape index (κ1) is 29.5. The van der Waals surface area contributed by atoms with Crippen LogP contribution in [0.4, 0.5) is 17.1 Å². The van der Waals surface area contributed by atoms with Crippen molar-refractivity contribution in [3.05, 3.63) is 162 Å². The van der Waals surface area contributed by atoms with Gasteiger partial charge in [0.2, 0.25) is 0 Å². The van der Waals surface area contributed by atoms with Crippen molar-refractivity contribution in [2.75, 3.05) is 4.90 Å². The first-order valence-electron chi connectivity index (χ1n) is 17.3. The van der Waals surface area contributed by atoms with Crippen LogP contribution in [-0.2, 0) is 10.8 Å². The van der Waals surface area contributed by atoms with Gasteiger partial charge >= 0.3 is 0 Å². The van der Waals surface area contributed by atoms with Crippen molar-refractivity contribution in [1.82, 2.24) is 0 Å². The molecular formula is C47H39NO. The normalized spacial score (nSPS) is 13.6. The molecule has 0 N–H and O–H groups in total. The fourth-order valence-corrected chi connectivity index (χ4v) is 7.98. The summed E-state index contributed by atoms with van der Waals surface area (Å²) in [5.74, 6) is 0. The van der Waals surface area contributed by atoms with Crippen LogP contribution in [0.15, 0.2) is 150 Å². The molecule has 0 bridgehead atoms. The highest BCUT2D eigenvalue weighted by Gasteiger charge is 2.38. The van der Waals surface area contributed by atoms with Gasteiger partial charge in [-0.15, -0.1) is 0 Å². The molecule has 2 nitrogen and oxygen atoms in total. The molecule has 7 aromatic carbocycles. The van der Waals surface area contributed by atoms with E-state index in [4.69, 9.17) is 4.42 Å². The Hall–Kier alpha value is -5.60. The molecule has 0 amide bonds. The van der Waals surface area contributed by atoms with Crippen molar-refractivity contribution in [2.24, 2.45) is 0 Å². The highest BCUT2D eigenvalue weighted by molar-refractivity contribution is 6.17. The number of hydrogen-bond donors (Lipinski definition) is 0. The van der Waals surface area contributed by atoms with Gasteiger partial charge in [-0.1, -0.05) is 150 Å². The number of nitrogens with zero attached hydrogens (tertiary/aromatic N) is 1. The molecule has 1 aromatic heterocycles. The lowest BCUT2D eigenvalue weighted by Crippen LogP contribution is -2.16. The maximum absolute atomic E-state index is 6.94. The van der Waals surface area contributed by atoms with Gasteiger partial charge in [-0.3, -0.25) is 0 Å². The van der Waals surface area contributed by atoms with Crippen molar-refractivity contribution in [3.8, 4) is 22.3 Å². The number of para-hydroxylation sites is 1. The average molecular weight is 634 g/mol. The number of hydrogen-bond acceptors (Lipinski definition) is 2. The SMILES string of the molecule is CC(C)(C)c1ccc(-c2ccc(N(c3cccc4c3-c3ccccc3C4(C)C)c3cccc4c3oc3c5ccccc5ccc43)cc2)cc1. The minimum Gasteiger partial charge on any atom is -0.453 e. The fourth-order valence-electron chi connectivity index (χ4n) is 7.98. The van der Waals surface area contributed by atoms with Crippen LogP contribution in [-0.4, -0.2) is 0 Å². The van der Waals surface area contributed by atoms with Gasteiger partial charge in [0.15, 0.2) is 5.58 Å². The summed E-state index contributed by atoms with van der Waals surface area (Å²) in [4.78, 5) is 2.41. The summed E-state index contributed by atoms with van der Waals surface area (Å²) < 4.78 is 6.94. The molecule has 1 aliphatic rings. The van der Waals surface area contributed by atoms with E-state index in [0.717, 1.165) is 44.4 Å². The predicted octanol–water partition coefficient (Wildman–Crippen LogP) is 13.5. The second-order valence-corrected chi connectivity index (χ2v) is 15.0. The van der Waals surface area contributed by atoms with E-state index < -0.39 is 0 Å². The smallest absolute Gasteiger partial charge is 0.159 e. The van der Waals surface area contributed by atoms with Crippen molar-refractivity contribution in [1.29, 1.82) is 0 Å². The van der Waals surface area contributed by atoms with Crippen molar-refractivity contribution in [2.45, 2.75) is 45.4 Å². The van der Waals surface area contributed by atoms with Crippen LogP contribution < -0.4 is 4.90 Å². The summed E-state index contributed by atoms with van der Waals surface area (Å²) in [6.45, 7) is 11.5. The van der Waals surface area contributed by atoms with Gasteiger partial charge in [0.1, 0.15) is 5.58 Å². The summed E-state index contributed by atoms with van der Waals surface area (Å²) in [5, 5.41) is 4.56. The number of anilines is 3. The Bertz CT molecular complexity index is 2540. The minimum absolute atomic E-state index is 0.110. The average Bonchev–Trinajstić information content (AvgIpc) is 3.62. The lowest BCUT2D eigenvalue weighted by molar-refractivity contribution is 0.590. The molecule has 0 atom stereocenters. The van der Waals surface area contributed by atoms with Crippen LogP contribution >= 0.6 is 0 Å². The Morgan fingerprint density at radius 2 is 1.12 bits per heavy atom. The first-order chi connectivity index (χ1) is 23.7. The van der Waals surface area contributed by atoms with E-state index in [1.807, 2.05) is 0 Å². The van der Waals surface area contributed by atoms with Crippen LogP contribution in [0.5, 0.6) is 0 Å². The topological polar surface area (TPSA) is 16.4 Å². The fraction of sp³-hybridized carbons (Fsp3) is 0.149. The van der Waals surface area contributed by atoms with Gasteiger partial charge in [-0.05, 0) is 74.5 Å². The Labute approximate surface area is 288 Å².